The molecule has 0 radical (unpaired) electrons. The number of imidazole rings is 1. The summed E-state index contributed by atoms with van der Waals surface area (Å²) in [5.41, 5.74) is 1.41. The van der Waals surface area contributed by atoms with E-state index in [-0.39, 0.29) is 13.0 Å². The third kappa shape index (κ3) is 3.19. The summed E-state index contributed by atoms with van der Waals surface area (Å²) < 4.78 is 41.0. The first-order chi connectivity index (χ1) is 9.40. The van der Waals surface area contributed by atoms with E-state index in [0.29, 0.717) is 17.1 Å². The van der Waals surface area contributed by atoms with Crippen molar-refractivity contribution in [2.75, 3.05) is 13.7 Å². The first-order valence-corrected chi connectivity index (χ1v) is 5.78. The summed E-state index contributed by atoms with van der Waals surface area (Å²) in [6, 6.07) is 5.21. The van der Waals surface area contributed by atoms with Gasteiger partial charge in [-0.1, -0.05) is 0 Å². The molecular weight excluding hydrogens is 275 g/mol. The van der Waals surface area contributed by atoms with E-state index in [9.17, 15) is 18.0 Å². The Morgan fingerprint density at radius 2 is 2.20 bits per heavy atom. The lowest BCUT2D eigenvalue weighted by Gasteiger charge is -2.06. The molecule has 5 nitrogen and oxygen atoms in total. The topological polar surface area (TPSA) is 67.0 Å². The van der Waals surface area contributed by atoms with Gasteiger partial charge in [0.15, 0.2) is 0 Å². The van der Waals surface area contributed by atoms with Crippen molar-refractivity contribution in [3.8, 4) is 5.75 Å². The van der Waals surface area contributed by atoms with Crippen molar-refractivity contribution in [2.24, 2.45) is 0 Å². The van der Waals surface area contributed by atoms with E-state index < -0.39 is 12.1 Å². The number of fused-ring (bicyclic) bond motifs is 1. The van der Waals surface area contributed by atoms with Crippen LogP contribution < -0.4 is 10.1 Å². The van der Waals surface area contributed by atoms with Crippen molar-refractivity contribution in [3.05, 3.63) is 24.0 Å². The standard InChI is InChI=1S/C12H12F3N3O2/c1-20-7-2-3-8-9(6-7)18-10(17-8)4-5-16-11(19)12(13,14)15/h2-3,6H,4-5H2,1H3,(H,16,19)(H,17,18). The predicted molar refractivity (Wildman–Crippen MR) is 65.4 cm³/mol. The van der Waals surface area contributed by atoms with Crippen LogP contribution in [0.1, 0.15) is 5.82 Å². The minimum absolute atomic E-state index is 0.144. The van der Waals surface area contributed by atoms with E-state index >= 15 is 0 Å². The molecule has 1 aromatic heterocycles. The van der Waals surface area contributed by atoms with Crippen molar-refractivity contribution in [3.63, 3.8) is 0 Å². The Morgan fingerprint density at radius 3 is 2.85 bits per heavy atom. The lowest BCUT2D eigenvalue weighted by Crippen LogP contribution is -2.37. The number of H-pyrrole nitrogens is 1. The number of ether oxygens (including phenoxy) is 1. The number of hydrogen-bond acceptors (Lipinski definition) is 3. The van der Waals surface area contributed by atoms with E-state index in [1.165, 1.54) is 7.11 Å². The number of amides is 1. The van der Waals surface area contributed by atoms with Crippen LogP contribution in [0.3, 0.4) is 0 Å². The second kappa shape index (κ2) is 5.40. The number of aromatic amines is 1. The summed E-state index contributed by atoms with van der Waals surface area (Å²) in [6.45, 7) is -0.144. The molecule has 20 heavy (non-hydrogen) atoms. The van der Waals surface area contributed by atoms with Crippen LogP contribution in [-0.4, -0.2) is 35.7 Å². The van der Waals surface area contributed by atoms with E-state index in [0.717, 1.165) is 5.52 Å². The minimum atomic E-state index is -4.86. The molecule has 1 aromatic carbocycles. The van der Waals surface area contributed by atoms with E-state index in [1.807, 2.05) is 0 Å². The molecule has 2 rings (SSSR count). The molecule has 0 unspecified atom stereocenters. The van der Waals surface area contributed by atoms with Crippen LogP contribution in [0.2, 0.25) is 0 Å². The molecule has 2 aromatic rings. The molecule has 0 saturated carbocycles. The molecule has 0 bridgehead atoms. The van der Waals surface area contributed by atoms with Gasteiger partial charge in [-0.2, -0.15) is 13.2 Å². The molecule has 0 saturated heterocycles. The highest BCUT2D eigenvalue weighted by molar-refractivity contribution is 5.81. The van der Waals surface area contributed by atoms with Gasteiger partial charge in [0, 0.05) is 19.0 Å². The van der Waals surface area contributed by atoms with Crippen molar-refractivity contribution in [2.45, 2.75) is 12.6 Å². The van der Waals surface area contributed by atoms with Gasteiger partial charge in [0.2, 0.25) is 0 Å². The smallest absolute Gasteiger partial charge is 0.471 e. The molecule has 8 heteroatoms. The summed E-state index contributed by atoms with van der Waals surface area (Å²) in [4.78, 5) is 17.8. The molecule has 0 fully saturated rings. The van der Waals surface area contributed by atoms with Crippen LogP contribution in [0, 0.1) is 0 Å². The van der Waals surface area contributed by atoms with Crippen LogP contribution in [0.15, 0.2) is 18.2 Å². The fourth-order valence-electron chi connectivity index (χ4n) is 1.68. The third-order valence-electron chi connectivity index (χ3n) is 2.64. The Morgan fingerprint density at radius 1 is 1.45 bits per heavy atom. The first kappa shape index (κ1) is 14.2. The fourth-order valence-corrected chi connectivity index (χ4v) is 1.68. The molecule has 0 aliphatic rings. The normalized spacial score (nSPS) is 11.6. The number of benzene rings is 1. The zero-order valence-corrected chi connectivity index (χ0v) is 10.5. The van der Waals surface area contributed by atoms with Gasteiger partial charge >= 0.3 is 12.1 Å². The molecule has 0 aliphatic heterocycles. The average molecular weight is 287 g/mol. The van der Waals surface area contributed by atoms with Gasteiger partial charge in [-0.05, 0) is 12.1 Å². The summed E-state index contributed by atoms with van der Waals surface area (Å²) in [6.07, 6.45) is -4.68. The Labute approximate surface area is 112 Å². The number of nitrogens with zero attached hydrogens (tertiary/aromatic N) is 1. The van der Waals surface area contributed by atoms with Crippen LogP contribution in [0.25, 0.3) is 11.0 Å². The first-order valence-electron chi connectivity index (χ1n) is 5.78. The molecule has 108 valence electrons. The highest BCUT2D eigenvalue weighted by atomic mass is 19.4. The van der Waals surface area contributed by atoms with Gasteiger partial charge in [0.1, 0.15) is 11.6 Å². The van der Waals surface area contributed by atoms with E-state index in [4.69, 9.17) is 4.74 Å². The zero-order valence-electron chi connectivity index (χ0n) is 10.5. The molecule has 1 heterocycles. The number of rotatable bonds is 4. The van der Waals surface area contributed by atoms with Gasteiger partial charge in [0.05, 0.1) is 18.1 Å². The Hall–Kier alpha value is -2.25. The average Bonchev–Trinajstić information content (AvgIpc) is 2.78. The Kier molecular flexibility index (Phi) is 3.82. The number of alkyl halides is 3. The van der Waals surface area contributed by atoms with Gasteiger partial charge in [0.25, 0.3) is 0 Å². The predicted octanol–water partition coefficient (Wildman–Crippen LogP) is 1.79. The lowest BCUT2D eigenvalue weighted by atomic mass is 10.3. The Balaban J connectivity index is 1.99. The molecule has 0 atom stereocenters. The van der Waals surface area contributed by atoms with Gasteiger partial charge < -0.3 is 15.0 Å². The van der Waals surface area contributed by atoms with Gasteiger partial charge in [-0.3, -0.25) is 4.79 Å². The number of aromatic nitrogens is 2. The lowest BCUT2D eigenvalue weighted by molar-refractivity contribution is -0.173. The highest BCUT2D eigenvalue weighted by Crippen LogP contribution is 2.19. The van der Waals surface area contributed by atoms with Crippen molar-refractivity contribution in [1.29, 1.82) is 0 Å². The maximum Gasteiger partial charge on any atom is 0.471 e. The largest absolute Gasteiger partial charge is 0.497 e. The summed E-state index contributed by atoms with van der Waals surface area (Å²) >= 11 is 0. The number of nitrogens with one attached hydrogen (secondary N) is 2. The SMILES string of the molecule is COc1ccc2nc(CCNC(=O)C(F)(F)F)[nH]c2c1. The molecule has 0 aliphatic carbocycles. The van der Waals surface area contributed by atoms with E-state index in [2.05, 4.69) is 9.97 Å². The second-order valence-corrected chi connectivity index (χ2v) is 4.07. The molecule has 0 spiro atoms. The fraction of sp³-hybridized carbons (Fsp3) is 0.333. The van der Waals surface area contributed by atoms with Crippen LogP contribution in [0.5, 0.6) is 5.75 Å². The van der Waals surface area contributed by atoms with Gasteiger partial charge in [-0.25, -0.2) is 4.98 Å². The summed E-state index contributed by atoms with van der Waals surface area (Å²) in [7, 11) is 1.53. The molecule has 2 N–H and O–H groups in total. The third-order valence-corrected chi connectivity index (χ3v) is 2.64. The number of methoxy groups -OCH3 is 1. The second-order valence-electron chi connectivity index (χ2n) is 4.07. The number of halogens is 3. The van der Waals surface area contributed by atoms with Crippen LogP contribution in [-0.2, 0) is 11.2 Å². The van der Waals surface area contributed by atoms with E-state index in [1.54, 1.807) is 23.5 Å². The van der Waals surface area contributed by atoms with Crippen LogP contribution >= 0.6 is 0 Å². The maximum atomic E-state index is 12.0. The number of hydrogen-bond donors (Lipinski definition) is 2. The quantitative estimate of drug-likeness (QED) is 0.901. The van der Waals surface area contributed by atoms with Gasteiger partial charge in [-0.15, -0.1) is 0 Å². The van der Waals surface area contributed by atoms with Crippen molar-refractivity contribution < 1.29 is 22.7 Å². The summed E-state index contributed by atoms with van der Waals surface area (Å²) in [5, 5.41) is 1.79. The van der Waals surface area contributed by atoms with Crippen molar-refractivity contribution in [1.82, 2.24) is 15.3 Å². The van der Waals surface area contributed by atoms with Crippen LogP contribution in [0.4, 0.5) is 13.2 Å². The minimum Gasteiger partial charge on any atom is -0.497 e. The zero-order chi connectivity index (χ0) is 14.8. The maximum absolute atomic E-state index is 12.0. The highest BCUT2D eigenvalue weighted by Gasteiger charge is 2.38. The molecule has 1 amide bonds. The number of carbonyl (C=O) groups excluding carboxylic acids is 1. The monoisotopic (exact) mass is 287 g/mol. The Bertz CT molecular complexity index is 622. The summed E-state index contributed by atoms with van der Waals surface area (Å²) in [5.74, 6) is -0.802. The number of carbonyl (C=O) groups is 1. The molecular formula is C12H12F3N3O2. The van der Waals surface area contributed by atoms with Crippen molar-refractivity contribution >= 4 is 16.9 Å².